The van der Waals surface area contributed by atoms with Crippen molar-refractivity contribution < 1.29 is 4.79 Å². The summed E-state index contributed by atoms with van der Waals surface area (Å²) in [7, 11) is 0. The van der Waals surface area contributed by atoms with Gasteiger partial charge in [0.1, 0.15) is 0 Å². The van der Waals surface area contributed by atoms with Crippen molar-refractivity contribution in [2.75, 3.05) is 6.54 Å². The van der Waals surface area contributed by atoms with Gasteiger partial charge < -0.3 is 5.32 Å². The lowest BCUT2D eigenvalue weighted by Crippen LogP contribution is -2.57. The molecule has 72 valence electrons. The molecule has 1 amide bonds. The molecule has 0 aromatic rings. The van der Waals surface area contributed by atoms with E-state index in [0.717, 1.165) is 0 Å². The van der Waals surface area contributed by atoms with Crippen LogP contribution in [0.5, 0.6) is 0 Å². The number of hydrogen-bond acceptors (Lipinski definition) is 2. The van der Waals surface area contributed by atoms with Crippen molar-refractivity contribution in [3.8, 4) is 12.3 Å². The van der Waals surface area contributed by atoms with Crippen LogP contribution in [0.4, 0.5) is 0 Å². The highest BCUT2D eigenvalue weighted by Crippen LogP contribution is 2.18. The zero-order chi connectivity index (χ0) is 10.1. The first-order valence-electron chi connectivity index (χ1n) is 4.45. The van der Waals surface area contributed by atoms with Crippen LogP contribution in [0.3, 0.4) is 0 Å². The largest absolute Gasteiger partial charge is 0.354 e. The fourth-order valence-electron chi connectivity index (χ4n) is 1.56. The van der Waals surface area contributed by atoms with Crippen LogP contribution < -0.4 is 10.6 Å². The van der Waals surface area contributed by atoms with Crippen LogP contribution in [-0.4, -0.2) is 23.5 Å². The summed E-state index contributed by atoms with van der Waals surface area (Å²) in [4.78, 5) is 11.5. The molecule has 1 aliphatic heterocycles. The van der Waals surface area contributed by atoms with E-state index in [1.807, 2.05) is 20.8 Å². The van der Waals surface area contributed by atoms with E-state index in [-0.39, 0.29) is 11.4 Å². The lowest BCUT2D eigenvalue weighted by Gasteiger charge is -2.31. The number of amides is 1. The molecular formula is C10H16N2O. The molecule has 1 saturated heterocycles. The standard InChI is InChI=1S/C10H16N2O/c1-5-10(12-9(2,3)4)6-7-11-8(10)13/h1,12H,6-7H2,2-4H3,(H,11,13). The van der Waals surface area contributed by atoms with Crippen LogP contribution in [0.1, 0.15) is 27.2 Å². The molecule has 13 heavy (non-hydrogen) atoms. The summed E-state index contributed by atoms with van der Waals surface area (Å²) in [6, 6.07) is 0. The zero-order valence-electron chi connectivity index (χ0n) is 8.40. The second-order valence-electron chi connectivity index (χ2n) is 4.43. The van der Waals surface area contributed by atoms with Crippen molar-refractivity contribution >= 4 is 5.91 Å². The van der Waals surface area contributed by atoms with Gasteiger partial charge in [0.15, 0.2) is 5.54 Å². The Hall–Kier alpha value is -1.01. The van der Waals surface area contributed by atoms with E-state index in [9.17, 15) is 4.79 Å². The second-order valence-corrected chi connectivity index (χ2v) is 4.43. The first-order chi connectivity index (χ1) is 5.90. The summed E-state index contributed by atoms with van der Waals surface area (Å²) in [6.07, 6.45) is 6.06. The molecule has 0 bridgehead atoms. The predicted molar refractivity (Wildman–Crippen MR) is 52.1 cm³/mol. The summed E-state index contributed by atoms with van der Waals surface area (Å²) in [6.45, 7) is 6.65. The molecule has 1 fully saturated rings. The van der Waals surface area contributed by atoms with Gasteiger partial charge in [-0.15, -0.1) is 6.42 Å². The van der Waals surface area contributed by atoms with Gasteiger partial charge in [-0.1, -0.05) is 5.92 Å². The summed E-state index contributed by atoms with van der Waals surface area (Å²) < 4.78 is 0. The third-order valence-electron chi connectivity index (χ3n) is 2.01. The molecule has 0 saturated carbocycles. The van der Waals surface area contributed by atoms with Crippen molar-refractivity contribution in [1.29, 1.82) is 0 Å². The maximum absolute atomic E-state index is 11.5. The smallest absolute Gasteiger partial charge is 0.252 e. The monoisotopic (exact) mass is 180 g/mol. The highest BCUT2D eigenvalue weighted by atomic mass is 16.2. The molecule has 1 aliphatic rings. The highest BCUT2D eigenvalue weighted by molar-refractivity contribution is 5.92. The van der Waals surface area contributed by atoms with E-state index in [1.165, 1.54) is 0 Å². The molecule has 0 aromatic heterocycles. The normalized spacial score (nSPS) is 28.3. The number of nitrogens with one attached hydrogen (secondary N) is 2. The Balaban J connectivity index is 2.84. The third kappa shape index (κ3) is 2.02. The van der Waals surface area contributed by atoms with E-state index >= 15 is 0 Å². The minimum Gasteiger partial charge on any atom is -0.354 e. The third-order valence-corrected chi connectivity index (χ3v) is 2.01. The van der Waals surface area contributed by atoms with Gasteiger partial charge in [-0.25, -0.2) is 0 Å². The SMILES string of the molecule is C#CC1(NC(C)(C)C)CCNC1=O. The maximum atomic E-state index is 11.5. The number of hydrogen-bond donors (Lipinski definition) is 2. The zero-order valence-corrected chi connectivity index (χ0v) is 8.40. The number of carbonyl (C=O) groups excluding carboxylic acids is 1. The number of rotatable bonds is 1. The Kier molecular flexibility index (Phi) is 2.36. The van der Waals surface area contributed by atoms with Gasteiger partial charge in [-0.3, -0.25) is 10.1 Å². The molecule has 1 heterocycles. The van der Waals surface area contributed by atoms with Gasteiger partial charge in [0.2, 0.25) is 0 Å². The topological polar surface area (TPSA) is 41.1 Å². The summed E-state index contributed by atoms with van der Waals surface area (Å²) >= 11 is 0. The lowest BCUT2D eigenvalue weighted by molar-refractivity contribution is -0.123. The van der Waals surface area contributed by atoms with Gasteiger partial charge >= 0.3 is 0 Å². The van der Waals surface area contributed by atoms with Crippen molar-refractivity contribution in [3.63, 3.8) is 0 Å². The first-order valence-corrected chi connectivity index (χ1v) is 4.45. The minimum atomic E-state index is -0.793. The molecule has 0 radical (unpaired) electrons. The van der Waals surface area contributed by atoms with Crippen molar-refractivity contribution in [1.82, 2.24) is 10.6 Å². The van der Waals surface area contributed by atoms with Gasteiger partial charge in [-0.2, -0.15) is 0 Å². The number of terminal acetylenes is 1. The van der Waals surface area contributed by atoms with E-state index in [4.69, 9.17) is 6.42 Å². The molecule has 1 rings (SSSR count). The minimum absolute atomic E-state index is 0.0788. The predicted octanol–water partition coefficient (Wildman–Crippen LogP) is 0.266. The summed E-state index contributed by atoms with van der Waals surface area (Å²) in [5.74, 6) is 2.48. The highest BCUT2D eigenvalue weighted by Gasteiger charge is 2.42. The van der Waals surface area contributed by atoms with E-state index < -0.39 is 5.54 Å². The molecule has 1 unspecified atom stereocenters. The Labute approximate surface area is 79.3 Å². The molecule has 3 heteroatoms. The van der Waals surface area contributed by atoms with Crippen LogP contribution in [0.2, 0.25) is 0 Å². The Morgan fingerprint density at radius 2 is 2.23 bits per heavy atom. The Morgan fingerprint density at radius 1 is 1.62 bits per heavy atom. The fraction of sp³-hybridized carbons (Fsp3) is 0.700. The fourth-order valence-corrected chi connectivity index (χ4v) is 1.56. The van der Waals surface area contributed by atoms with Crippen LogP contribution in [-0.2, 0) is 4.79 Å². The summed E-state index contributed by atoms with van der Waals surface area (Å²) in [5, 5.41) is 5.92. The van der Waals surface area contributed by atoms with Crippen LogP contribution in [0.25, 0.3) is 0 Å². The van der Waals surface area contributed by atoms with E-state index in [2.05, 4.69) is 16.6 Å². The Bertz CT molecular complexity index is 259. The maximum Gasteiger partial charge on any atom is 0.252 e. The summed E-state index contributed by atoms with van der Waals surface area (Å²) in [5.41, 5.74) is -0.938. The van der Waals surface area contributed by atoms with Gasteiger partial charge in [-0.05, 0) is 20.8 Å². The Morgan fingerprint density at radius 3 is 2.54 bits per heavy atom. The van der Waals surface area contributed by atoms with Gasteiger partial charge in [0.05, 0.1) is 0 Å². The lowest BCUT2D eigenvalue weighted by atomic mass is 9.94. The average Bonchev–Trinajstić information content (AvgIpc) is 2.30. The molecule has 2 N–H and O–H groups in total. The molecule has 3 nitrogen and oxygen atoms in total. The van der Waals surface area contributed by atoms with Gasteiger partial charge in [0, 0.05) is 18.5 Å². The molecule has 1 atom stereocenters. The van der Waals surface area contributed by atoms with E-state index in [1.54, 1.807) is 0 Å². The molecule has 0 aromatic carbocycles. The quantitative estimate of drug-likeness (QED) is 0.569. The van der Waals surface area contributed by atoms with E-state index in [0.29, 0.717) is 13.0 Å². The second kappa shape index (κ2) is 3.04. The number of carbonyl (C=O) groups is 1. The molecular weight excluding hydrogens is 164 g/mol. The van der Waals surface area contributed by atoms with Gasteiger partial charge in [0.25, 0.3) is 5.91 Å². The van der Waals surface area contributed by atoms with Crippen LogP contribution in [0.15, 0.2) is 0 Å². The average molecular weight is 180 g/mol. The first kappa shape index (κ1) is 10.1. The van der Waals surface area contributed by atoms with Crippen molar-refractivity contribution in [3.05, 3.63) is 0 Å². The van der Waals surface area contributed by atoms with Crippen LogP contribution in [0, 0.1) is 12.3 Å². The van der Waals surface area contributed by atoms with Crippen molar-refractivity contribution in [2.45, 2.75) is 38.3 Å². The van der Waals surface area contributed by atoms with Crippen molar-refractivity contribution in [2.24, 2.45) is 0 Å². The molecule has 0 spiro atoms. The van der Waals surface area contributed by atoms with Crippen LogP contribution >= 0.6 is 0 Å². The molecule has 0 aliphatic carbocycles.